The number of piperidine rings is 1. The van der Waals surface area contributed by atoms with Gasteiger partial charge in [-0.05, 0) is 56.8 Å². The Morgan fingerprint density at radius 2 is 1.71 bits per heavy atom. The first-order chi connectivity index (χ1) is 12.6. The van der Waals surface area contributed by atoms with Gasteiger partial charge in [-0.25, -0.2) is 0 Å². The molecular formula is C21H29Cl2N3O2. The smallest absolute Gasteiger partial charge is 0.267 e. The summed E-state index contributed by atoms with van der Waals surface area (Å²) in [7, 11) is 0. The molecule has 0 bridgehead atoms. The molecule has 28 heavy (non-hydrogen) atoms. The molecule has 5 nitrogen and oxygen atoms in total. The van der Waals surface area contributed by atoms with Crippen molar-refractivity contribution in [2.75, 3.05) is 19.6 Å². The molecule has 1 aliphatic heterocycles. The van der Waals surface area contributed by atoms with Gasteiger partial charge in [0.25, 0.3) is 5.91 Å². The van der Waals surface area contributed by atoms with Crippen molar-refractivity contribution in [1.82, 2.24) is 15.2 Å². The predicted molar refractivity (Wildman–Crippen MR) is 116 cm³/mol. The van der Waals surface area contributed by atoms with Gasteiger partial charge in [-0.2, -0.15) is 0 Å². The van der Waals surface area contributed by atoms with Crippen LogP contribution in [0, 0.1) is 6.92 Å². The number of benzene rings is 1. The summed E-state index contributed by atoms with van der Waals surface area (Å²) in [6.07, 6.45) is 4.87. The molecule has 1 fully saturated rings. The van der Waals surface area contributed by atoms with E-state index in [4.69, 9.17) is 4.74 Å². The molecular weight excluding hydrogens is 397 g/mol. The fourth-order valence-corrected chi connectivity index (χ4v) is 3.35. The van der Waals surface area contributed by atoms with Gasteiger partial charge < -0.3 is 15.0 Å². The topological polar surface area (TPSA) is 54.5 Å². The lowest BCUT2D eigenvalue weighted by molar-refractivity contribution is -0.151. The first-order valence-electron chi connectivity index (χ1n) is 9.28. The molecule has 0 aliphatic carbocycles. The van der Waals surface area contributed by atoms with Gasteiger partial charge in [-0.1, -0.05) is 17.7 Å². The zero-order valence-corrected chi connectivity index (χ0v) is 18.0. The second kappa shape index (κ2) is 11.2. The number of aromatic nitrogens is 1. The van der Waals surface area contributed by atoms with Gasteiger partial charge in [0.1, 0.15) is 5.75 Å². The average molecular weight is 426 g/mol. The van der Waals surface area contributed by atoms with E-state index in [1.165, 1.54) is 5.56 Å². The number of nitrogens with one attached hydrogen (secondary N) is 1. The van der Waals surface area contributed by atoms with Gasteiger partial charge >= 0.3 is 0 Å². The Labute approximate surface area is 179 Å². The predicted octanol–water partition coefficient (Wildman–Crippen LogP) is 3.78. The minimum Gasteiger partial charge on any atom is -0.477 e. The zero-order valence-electron chi connectivity index (χ0n) is 16.4. The van der Waals surface area contributed by atoms with E-state index >= 15 is 0 Å². The number of ether oxygens (including phenoxy) is 1. The molecule has 2 aromatic rings. The number of carbonyl (C=O) groups is 1. The first kappa shape index (κ1) is 24.2. The summed E-state index contributed by atoms with van der Waals surface area (Å²) in [6, 6.07) is 11.8. The van der Waals surface area contributed by atoms with Crippen LogP contribution < -0.4 is 10.1 Å². The summed E-state index contributed by atoms with van der Waals surface area (Å²) in [6.45, 7) is 6.84. The Bertz CT molecular complexity index is 720. The largest absolute Gasteiger partial charge is 0.477 e. The van der Waals surface area contributed by atoms with Crippen molar-refractivity contribution >= 4 is 30.7 Å². The van der Waals surface area contributed by atoms with E-state index in [0.29, 0.717) is 25.9 Å². The molecule has 1 aromatic carbocycles. The summed E-state index contributed by atoms with van der Waals surface area (Å²) < 4.78 is 6.34. The van der Waals surface area contributed by atoms with Gasteiger partial charge in [0.15, 0.2) is 5.60 Å². The van der Waals surface area contributed by atoms with Crippen LogP contribution in [0.2, 0.25) is 0 Å². The monoisotopic (exact) mass is 425 g/mol. The quantitative estimate of drug-likeness (QED) is 0.764. The van der Waals surface area contributed by atoms with E-state index in [9.17, 15) is 4.79 Å². The van der Waals surface area contributed by atoms with Crippen molar-refractivity contribution in [3.63, 3.8) is 0 Å². The second-order valence-electron chi connectivity index (χ2n) is 6.83. The third-order valence-electron chi connectivity index (χ3n) is 4.93. The Balaban J connectivity index is 0.00000196. The lowest BCUT2D eigenvalue weighted by Crippen LogP contribution is -2.57. The second-order valence-corrected chi connectivity index (χ2v) is 6.83. The fraction of sp³-hybridized carbons (Fsp3) is 0.429. The molecule has 7 heteroatoms. The Morgan fingerprint density at radius 3 is 2.29 bits per heavy atom. The number of pyridine rings is 1. The highest BCUT2D eigenvalue weighted by Crippen LogP contribution is 2.29. The number of amides is 1. The molecule has 1 amide bonds. The molecule has 0 atom stereocenters. The molecule has 1 N–H and O–H groups in total. The molecule has 0 spiro atoms. The minimum atomic E-state index is -0.802. The van der Waals surface area contributed by atoms with Gasteiger partial charge in [-0.3, -0.25) is 9.78 Å². The van der Waals surface area contributed by atoms with Crippen LogP contribution >= 0.6 is 24.8 Å². The molecule has 1 saturated heterocycles. The van der Waals surface area contributed by atoms with Crippen molar-refractivity contribution in [3.8, 4) is 5.75 Å². The molecule has 2 heterocycles. The molecule has 154 valence electrons. The summed E-state index contributed by atoms with van der Waals surface area (Å²) in [5.74, 6) is 0.824. The molecule has 1 aromatic heterocycles. The van der Waals surface area contributed by atoms with Crippen molar-refractivity contribution in [1.29, 1.82) is 0 Å². The van der Waals surface area contributed by atoms with E-state index in [1.807, 2.05) is 55.1 Å². The number of nitrogens with zero attached hydrogens (tertiary/aromatic N) is 2. The highest BCUT2D eigenvalue weighted by molar-refractivity contribution is 5.86. The van der Waals surface area contributed by atoms with Crippen LogP contribution in [0.5, 0.6) is 5.75 Å². The van der Waals surface area contributed by atoms with Crippen molar-refractivity contribution in [3.05, 3.63) is 59.9 Å². The van der Waals surface area contributed by atoms with Crippen LogP contribution in [0.15, 0.2) is 48.8 Å². The van der Waals surface area contributed by atoms with E-state index in [1.54, 1.807) is 12.4 Å². The number of likely N-dealkylation sites (N-methyl/N-ethyl adjacent to an activating group) is 1. The number of hydrogen-bond acceptors (Lipinski definition) is 4. The van der Waals surface area contributed by atoms with Crippen molar-refractivity contribution in [2.24, 2.45) is 0 Å². The maximum Gasteiger partial charge on any atom is 0.267 e. The van der Waals surface area contributed by atoms with Crippen LogP contribution in [0.1, 0.15) is 30.9 Å². The lowest BCUT2D eigenvalue weighted by atomic mass is 9.90. The molecule has 3 rings (SSSR count). The molecule has 0 unspecified atom stereocenters. The fourth-order valence-electron chi connectivity index (χ4n) is 3.35. The summed E-state index contributed by atoms with van der Waals surface area (Å²) in [4.78, 5) is 19.4. The summed E-state index contributed by atoms with van der Waals surface area (Å²) in [5, 5.41) is 3.34. The highest BCUT2D eigenvalue weighted by Gasteiger charge is 2.44. The van der Waals surface area contributed by atoms with E-state index in [2.05, 4.69) is 10.3 Å². The Kier molecular flexibility index (Phi) is 9.73. The van der Waals surface area contributed by atoms with Crippen LogP contribution in [0.3, 0.4) is 0 Å². The van der Waals surface area contributed by atoms with Crippen LogP contribution in [0.25, 0.3) is 0 Å². The van der Waals surface area contributed by atoms with E-state index < -0.39 is 5.60 Å². The lowest BCUT2D eigenvalue weighted by Gasteiger charge is -2.40. The van der Waals surface area contributed by atoms with E-state index in [-0.39, 0.29) is 30.7 Å². The van der Waals surface area contributed by atoms with Gasteiger partial charge in [0.05, 0.1) is 0 Å². The maximum absolute atomic E-state index is 13.5. The first-order valence-corrected chi connectivity index (χ1v) is 9.28. The standard InChI is InChI=1S/C21H27N3O2.2ClH/c1-3-24(16-18-8-12-22-13-9-18)20(25)21(10-14-23-15-11-21)26-19-6-4-17(2)5-7-19;;/h4-9,12-13,23H,3,10-11,14-16H2,1-2H3;2*1H. The maximum atomic E-state index is 13.5. The SMILES string of the molecule is CCN(Cc1ccncc1)C(=O)C1(Oc2ccc(C)cc2)CCNCC1.Cl.Cl. The molecule has 0 radical (unpaired) electrons. The zero-order chi connectivity index (χ0) is 18.4. The Hall–Kier alpha value is -1.82. The number of carbonyl (C=O) groups excluding carboxylic acids is 1. The van der Waals surface area contributed by atoms with Crippen LogP contribution in [-0.2, 0) is 11.3 Å². The van der Waals surface area contributed by atoms with Gasteiger partial charge in [-0.15, -0.1) is 24.8 Å². The van der Waals surface area contributed by atoms with Crippen molar-refractivity contribution < 1.29 is 9.53 Å². The van der Waals surface area contributed by atoms with Crippen LogP contribution in [-0.4, -0.2) is 41.0 Å². The number of halogens is 2. The summed E-state index contributed by atoms with van der Waals surface area (Å²) >= 11 is 0. The average Bonchev–Trinajstić information content (AvgIpc) is 2.69. The van der Waals surface area contributed by atoms with Crippen LogP contribution in [0.4, 0.5) is 0 Å². The number of aryl methyl sites for hydroxylation is 1. The number of hydrogen-bond donors (Lipinski definition) is 1. The Morgan fingerprint density at radius 1 is 1.11 bits per heavy atom. The summed E-state index contributed by atoms with van der Waals surface area (Å²) in [5.41, 5.74) is 1.45. The van der Waals surface area contributed by atoms with Gasteiger partial charge in [0, 0.05) is 38.3 Å². The normalized spacial score (nSPS) is 14.9. The highest BCUT2D eigenvalue weighted by atomic mass is 35.5. The molecule has 1 aliphatic rings. The third-order valence-corrected chi connectivity index (χ3v) is 4.93. The minimum absolute atomic E-state index is 0. The number of rotatable bonds is 6. The van der Waals surface area contributed by atoms with Crippen molar-refractivity contribution in [2.45, 2.75) is 38.8 Å². The van der Waals surface area contributed by atoms with Gasteiger partial charge in [0.2, 0.25) is 0 Å². The molecule has 0 saturated carbocycles. The van der Waals surface area contributed by atoms with E-state index in [0.717, 1.165) is 24.4 Å². The third kappa shape index (κ3) is 5.84.